The van der Waals surface area contributed by atoms with Crippen molar-refractivity contribution in [3.63, 3.8) is 0 Å². The van der Waals surface area contributed by atoms with Gasteiger partial charge in [0.1, 0.15) is 5.75 Å². The maximum absolute atomic E-state index is 12.7. The number of carbonyl (C=O) groups is 2. The van der Waals surface area contributed by atoms with Crippen LogP contribution in [0.25, 0.3) is 0 Å². The zero-order chi connectivity index (χ0) is 21.7. The number of ketones is 1. The van der Waals surface area contributed by atoms with Crippen LogP contribution in [0.3, 0.4) is 0 Å². The Morgan fingerprint density at radius 1 is 1.20 bits per heavy atom. The Labute approximate surface area is 180 Å². The zero-order valence-corrected chi connectivity index (χ0v) is 17.7. The number of Topliss-reactive ketones (excluding diaryl/α,β-unsaturated/α-hetero) is 1. The number of halogens is 1. The quantitative estimate of drug-likeness (QED) is 0.258. The van der Waals surface area contributed by atoms with Gasteiger partial charge in [-0.1, -0.05) is 0 Å². The number of anilines is 1. The third-order valence-electron chi connectivity index (χ3n) is 4.57. The van der Waals surface area contributed by atoms with Crippen molar-refractivity contribution < 1.29 is 28.7 Å². The van der Waals surface area contributed by atoms with Gasteiger partial charge in [-0.2, -0.15) is 0 Å². The summed E-state index contributed by atoms with van der Waals surface area (Å²) in [5, 5.41) is 11.1. The number of nitro groups is 1. The fourth-order valence-corrected chi connectivity index (χ4v) is 3.55. The predicted octanol–water partition coefficient (Wildman–Crippen LogP) is 3.24. The van der Waals surface area contributed by atoms with E-state index in [2.05, 4.69) is 15.9 Å². The normalized spacial score (nSPS) is 13.6. The van der Waals surface area contributed by atoms with Crippen LogP contribution in [0.15, 0.2) is 40.9 Å². The smallest absolute Gasteiger partial charge is 0.340 e. The molecule has 0 spiro atoms. The molecule has 1 heterocycles. The molecule has 30 heavy (non-hydrogen) atoms. The first-order chi connectivity index (χ1) is 14.4. The lowest BCUT2D eigenvalue weighted by molar-refractivity contribution is -0.384. The van der Waals surface area contributed by atoms with Crippen molar-refractivity contribution in [3.05, 3.63) is 62.1 Å². The van der Waals surface area contributed by atoms with Gasteiger partial charge in [0, 0.05) is 30.8 Å². The number of rotatable bonds is 7. The first-order valence-corrected chi connectivity index (χ1v) is 9.85. The molecule has 1 fully saturated rings. The molecular weight excluding hydrogens is 460 g/mol. The van der Waals surface area contributed by atoms with E-state index in [0.29, 0.717) is 47.8 Å². The van der Waals surface area contributed by atoms with Crippen LogP contribution in [-0.4, -0.2) is 56.7 Å². The van der Waals surface area contributed by atoms with E-state index >= 15 is 0 Å². The maximum atomic E-state index is 12.7. The lowest BCUT2D eigenvalue weighted by Crippen LogP contribution is -2.37. The number of carbonyl (C=O) groups excluding carboxylic acids is 2. The second-order valence-corrected chi connectivity index (χ2v) is 7.26. The van der Waals surface area contributed by atoms with Gasteiger partial charge in [0.25, 0.3) is 5.69 Å². The molecule has 0 N–H and O–H groups in total. The molecule has 2 aromatic rings. The van der Waals surface area contributed by atoms with Crippen LogP contribution < -0.4 is 9.64 Å². The molecule has 10 heteroatoms. The number of ether oxygens (including phenoxy) is 3. The third kappa shape index (κ3) is 4.95. The predicted molar refractivity (Wildman–Crippen MR) is 111 cm³/mol. The Morgan fingerprint density at radius 2 is 1.93 bits per heavy atom. The number of methoxy groups -OCH3 is 1. The summed E-state index contributed by atoms with van der Waals surface area (Å²) in [6, 6.07) is 8.77. The number of morpholine rings is 1. The largest absolute Gasteiger partial charge is 0.496 e. The van der Waals surface area contributed by atoms with Crippen molar-refractivity contribution in [1.29, 1.82) is 0 Å². The molecular formula is C20H19BrN2O7. The summed E-state index contributed by atoms with van der Waals surface area (Å²) in [4.78, 5) is 37.6. The molecule has 0 amide bonds. The number of esters is 1. The zero-order valence-electron chi connectivity index (χ0n) is 16.1. The molecule has 0 bridgehead atoms. The summed E-state index contributed by atoms with van der Waals surface area (Å²) >= 11 is 3.30. The number of hydrogen-bond donors (Lipinski definition) is 0. The molecule has 0 radical (unpaired) electrons. The van der Waals surface area contributed by atoms with Gasteiger partial charge >= 0.3 is 5.97 Å². The minimum atomic E-state index is -0.805. The average Bonchev–Trinajstić information content (AvgIpc) is 2.77. The molecule has 0 aromatic heterocycles. The number of benzene rings is 2. The summed E-state index contributed by atoms with van der Waals surface area (Å²) in [6.45, 7) is 1.54. The Kier molecular flexibility index (Phi) is 7.01. The molecule has 9 nitrogen and oxygen atoms in total. The van der Waals surface area contributed by atoms with Crippen LogP contribution in [0.2, 0.25) is 0 Å². The Balaban J connectivity index is 1.78. The SMILES string of the molecule is COc1ccc(C(=O)COC(=O)c2cc([N+](=O)[O-])ccc2N2CCOCC2)cc1Br. The number of hydrogen-bond acceptors (Lipinski definition) is 8. The van der Waals surface area contributed by atoms with Gasteiger partial charge in [-0.3, -0.25) is 14.9 Å². The fourth-order valence-electron chi connectivity index (χ4n) is 3.01. The van der Waals surface area contributed by atoms with Gasteiger partial charge in [0.05, 0.1) is 41.0 Å². The minimum Gasteiger partial charge on any atom is -0.496 e. The summed E-state index contributed by atoms with van der Waals surface area (Å²) in [6.07, 6.45) is 0. The first kappa shape index (κ1) is 21.7. The fraction of sp³-hybridized carbons (Fsp3) is 0.300. The van der Waals surface area contributed by atoms with E-state index < -0.39 is 23.3 Å². The van der Waals surface area contributed by atoms with Crippen molar-refractivity contribution in [2.45, 2.75) is 0 Å². The second kappa shape index (κ2) is 9.68. The highest BCUT2D eigenvalue weighted by atomic mass is 79.9. The van der Waals surface area contributed by atoms with Crippen LogP contribution in [0.4, 0.5) is 11.4 Å². The lowest BCUT2D eigenvalue weighted by atomic mass is 10.1. The van der Waals surface area contributed by atoms with Crippen molar-refractivity contribution >= 4 is 39.1 Å². The van der Waals surface area contributed by atoms with Gasteiger partial charge in [-0.05, 0) is 40.2 Å². The van der Waals surface area contributed by atoms with Crippen molar-refractivity contribution in [3.8, 4) is 5.75 Å². The molecule has 1 aliphatic heterocycles. The molecule has 158 valence electrons. The summed E-state index contributed by atoms with van der Waals surface area (Å²) in [7, 11) is 1.51. The molecule has 0 saturated carbocycles. The van der Waals surface area contributed by atoms with Gasteiger partial charge in [0.2, 0.25) is 0 Å². The highest BCUT2D eigenvalue weighted by Gasteiger charge is 2.24. The van der Waals surface area contributed by atoms with Crippen molar-refractivity contribution in [2.24, 2.45) is 0 Å². The molecule has 0 aliphatic carbocycles. The number of non-ortho nitro benzene ring substituents is 1. The Hall–Kier alpha value is -2.98. The van der Waals surface area contributed by atoms with E-state index in [1.807, 2.05) is 4.90 Å². The third-order valence-corrected chi connectivity index (χ3v) is 5.19. The lowest BCUT2D eigenvalue weighted by Gasteiger charge is -2.30. The van der Waals surface area contributed by atoms with E-state index in [0.717, 1.165) is 0 Å². The molecule has 2 aromatic carbocycles. The van der Waals surface area contributed by atoms with Crippen molar-refractivity contribution in [1.82, 2.24) is 0 Å². The van der Waals surface area contributed by atoms with E-state index in [1.165, 1.54) is 25.3 Å². The van der Waals surface area contributed by atoms with E-state index in [9.17, 15) is 19.7 Å². The van der Waals surface area contributed by atoms with Crippen LogP contribution in [0.5, 0.6) is 5.75 Å². The van der Waals surface area contributed by atoms with Crippen LogP contribution >= 0.6 is 15.9 Å². The molecule has 1 aliphatic rings. The van der Waals surface area contributed by atoms with E-state index in [4.69, 9.17) is 14.2 Å². The highest BCUT2D eigenvalue weighted by Crippen LogP contribution is 2.28. The topological polar surface area (TPSA) is 108 Å². The van der Waals surface area contributed by atoms with Crippen LogP contribution in [0.1, 0.15) is 20.7 Å². The summed E-state index contributed by atoms with van der Waals surface area (Å²) < 4.78 is 16.2. The maximum Gasteiger partial charge on any atom is 0.340 e. The molecule has 0 unspecified atom stereocenters. The van der Waals surface area contributed by atoms with Crippen LogP contribution in [-0.2, 0) is 9.47 Å². The summed E-state index contributed by atoms with van der Waals surface area (Å²) in [5.74, 6) is -0.651. The van der Waals surface area contributed by atoms with E-state index in [1.54, 1.807) is 18.2 Å². The molecule has 1 saturated heterocycles. The standard InChI is InChI=1S/C20H19BrN2O7/c1-28-19-5-2-13(10-16(19)21)18(24)12-30-20(25)15-11-14(23(26)27)3-4-17(15)22-6-8-29-9-7-22/h2-5,10-11H,6-9,12H2,1H3. The summed E-state index contributed by atoms with van der Waals surface area (Å²) in [5.41, 5.74) is 0.649. The van der Waals surface area contributed by atoms with E-state index in [-0.39, 0.29) is 11.3 Å². The number of nitrogens with zero attached hydrogens (tertiary/aromatic N) is 2. The Morgan fingerprint density at radius 3 is 2.57 bits per heavy atom. The van der Waals surface area contributed by atoms with Gasteiger partial charge < -0.3 is 19.1 Å². The van der Waals surface area contributed by atoms with Gasteiger partial charge in [0.15, 0.2) is 12.4 Å². The molecule has 0 atom stereocenters. The Bertz CT molecular complexity index is 974. The second-order valence-electron chi connectivity index (χ2n) is 6.41. The monoisotopic (exact) mass is 478 g/mol. The van der Waals surface area contributed by atoms with Gasteiger partial charge in [-0.25, -0.2) is 4.79 Å². The highest BCUT2D eigenvalue weighted by molar-refractivity contribution is 9.10. The van der Waals surface area contributed by atoms with Gasteiger partial charge in [-0.15, -0.1) is 0 Å². The minimum absolute atomic E-state index is 0.0369. The molecule has 3 rings (SSSR count). The first-order valence-electron chi connectivity index (χ1n) is 9.05. The number of nitro benzene ring substituents is 1. The van der Waals surface area contributed by atoms with Crippen molar-refractivity contribution in [2.75, 3.05) is 44.9 Å². The van der Waals surface area contributed by atoms with Crippen LogP contribution in [0, 0.1) is 10.1 Å². The average molecular weight is 479 g/mol.